The van der Waals surface area contributed by atoms with Crippen LogP contribution in [0.3, 0.4) is 0 Å². The van der Waals surface area contributed by atoms with Crippen LogP contribution in [-0.2, 0) is 11.3 Å². The summed E-state index contributed by atoms with van der Waals surface area (Å²) in [6.07, 6.45) is 1.89. The normalized spacial score (nSPS) is 15.1. The number of amides is 1. The molecule has 0 radical (unpaired) electrons. The number of carbonyl (C=O) groups excluding carboxylic acids is 1. The fourth-order valence-electron chi connectivity index (χ4n) is 2.04. The van der Waals surface area contributed by atoms with Crippen LogP contribution in [0.1, 0.15) is 25.3 Å². The molecule has 0 saturated heterocycles. The van der Waals surface area contributed by atoms with E-state index in [2.05, 4.69) is 0 Å². The molecule has 1 aliphatic carbocycles. The van der Waals surface area contributed by atoms with Crippen LogP contribution in [0.15, 0.2) is 24.3 Å². The Balaban J connectivity index is 0.00000200. The van der Waals surface area contributed by atoms with Gasteiger partial charge in [0.1, 0.15) is 0 Å². The number of halogens is 1. The first kappa shape index (κ1) is 16.4. The van der Waals surface area contributed by atoms with Gasteiger partial charge in [0, 0.05) is 17.7 Å². The molecular formula is C13H18ClN3O3. The second-order valence-corrected chi connectivity index (χ2v) is 4.87. The third-order valence-electron chi connectivity index (χ3n) is 3.19. The molecule has 0 aliphatic heterocycles. The highest BCUT2D eigenvalue weighted by molar-refractivity contribution is 5.85. The van der Waals surface area contributed by atoms with Gasteiger partial charge in [-0.3, -0.25) is 14.9 Å². The highest BCUT2D eigenvalue weighted by Gasteiger charge is 2.34. The van der Waals surface area contributed by atoms with Gasteiger partial charge >= 0.3 is 0 Å². The molecule has 110 valence electrons. The number of hydrogen-bond donors (Lipinski definition) is 1. The minimum absolute atomic E-state index is 0. The quantitative estimate of drug-likeness (QED) is 0.663. The van der Waals surface area contributed by atoms with Crippen LogP contribution in [0.4, 0.5) is 5.69 Å². The lowest BCUT2D eigenvalue weighted by atomic mass is 10.1. The van der Waals surface area contributed by atoms with Gasteiger partial charge in [0.2, 0.25) is 5.91 Å². The van der Waals surface area contributed by atoms with Crippen molar-refractivity contribution in [2.45, 2.75) is 38.4 Å². The summed E-state index contributed by atoms with van der Waals surface area (Å²) >= 11 is 0. The molecule has 20 heavy (non-hydrogen) atoms. The van der Waals surface area contributed by atoms with Crippen molar-refractivity contribution in [3.8, 4) is 0 Å². The van der Waals surface area contributed by atoms with E-state index in [1.165, 1.54) is 6.07 Å². The van der Waals surface area contributed by atoms with E-state index in [4.69, 9.17) is 5.73 Å². The molecule has 2 rings (SSSR count). The number of carbonyl (C=O) groups is 1. The van der Waals surface area contributed by atoms with Crippen molar-refractivity contribution in [3.63, 3.8) is 0 Å². The van der Waals surface area contributed by atoms with E-state index in [0.717, 1.165) is 12.8 Å². The third kappa shape index (κ3) is 3.68. The molecule has 0 spiro atoms. The molecule has 1 fully saturated rings. The first-order valence-corrected chi connectivity index (χ1v) is 6.29. The van der Waals surface area contributed by atoms with Gasteiger partial charge in [-0.05, 0) is 19.8 Å². The van der Waals surface area contributed by atoms with Crippen LogP contribution in [0.5, 0.6) is 0 Å². The number of nitrogens with two attached hydrogens (primary N) is 1. The predicted molar refractivity (Wildman–Crippen MR) is 77.6 cm³/mol. The van der Waals surface area contributed by atoms with E-state index in [1.807, 2.05) is 0 Å². The van der Waals surface area contributed by atoms with Gasteiger partial charge in [-0.15, -0.1) is 12.4 Å². The summed E-state index contributed by atoms with van der Waals surface area (Å²) < 4.78 is 0. The first-order valence-electron chi connectivity index (χ1n) is 6.29. The Morgan fingerprint density at radius 2 is 2.10 bits per heavy atom. The standard InChI is InChI=1S/C13H17N3O3.ClH/c1-9(14)13(17)15(11-6-7-11)8-10-4-2-3-5-12(10)16(18)19;/h2-5,9,11H,6-8,14H2,1H3;1H/t9-;/m1./s1. The molecule has 1 aromatic carbocycles. The molecule has 0 unspecified atom stereocenters. The number of rotatable bonds is 5. The largest absolute Gasteiger partial charge is 0.334 e. The van der Waals surface area contributed by atoms with Crippen molar-refractivity contribution >= 4 is 24.0 Å². The second-order valence-electron chi connectivity index (χ2n) is 4.87. The molecule has 1 aromatic rings. The Morgan fingerprint density at radius 1 is 1.50 bits per heavy atom. The van der Waals surface area contributed by atoms with Gasteiger partial charge < -0.3 is 10.6 Å². The van der Waals surface area contributed by atoms with Crippen molar-refractivity contribution < 1.29 is 9.72 Å². The zero-order valence-corrected chi connectivity index (χ0v) is 12.0. The van der Waals surface area contributed by atoms with Crippen LogP contribution in [0.25, 0.3) is 0 Å². The number of para-hydroxylation sites is 1. The molecule has 0 heterocycles. The van der Waals surface area contributed by atoms with E-state index in [0.29, 0.717) is 5.56 Å². The predicted octanol–water partition coefficient (Wildman–Crippen LogP) is 1.85. The Morgan fingerprint density at radius 3 is 2.60 bits per heavy atom. The van der Waals surface area contributed by atoms with Crippen LogP contribution in [-0.4, -0.2) is 27.8 Å². The Kier molecular flexibility index (Phi) is 5.47. The minimum atomic E-state index is -0.580. The van der Waals surface area contributed by atoms with Crippen LogP contribution >= 0.6 is 12.4 Å². The van der Waals surface area contributed by atoms with Crippen LogP contribution < -0.4 is 5.73 Å². The zero-order chi connectivity index (χ0) is 14.0. The van der Waals surface area contributed by atoms with Crippen molar-refractivity contribution in [2.75, 3.05) is 0 Å². The minimum Gasteiger partial charge on any atom is -0.334 e. The maximum Gasteiger partial charge on any atom is 0.274 e. The smallest absolute Gasteiger partial charge is 0.274 e. The van der Waals surface area contributed by atoms with Gasteiger partial charge in [-0.25, -0.2) is 0 Å². The fraction of sp³-hybridized carbons (Fsp3) is 0.462. The Hall–Kier alpha value is -1.66. The highest BCUT2D eigenvalue weighted by atomic mass is 35.5. The van der Waals surface area contributed by atoms with Crippen LogP contribution in [0.2, 0.25) is 0 Å². The fourth-order valence-corrected chi connectivity index (χ4v) is 2.04. The number of nitro benzene ring substituents is 1. The summed E-state index contributed by atoms with van der Waals surface area (Å²) in [6.45, 7) is 1.89. The summed E-state index contributed by atoms with van der Waals surface area (Å²) in [7, 11) is 0. The molecule has 1 saturated carbocycles. The van der Waals surface area contributed by atoms with Gasteiger partial charge in [0.05, 0.1) is 17.5 Å². The van der Waals surface area contributed by atoms with Crippen molar-refractivity contribution in [1.29, 1.82) is 0 Å². The lowest BCUT2D eigenvalue weighted by Crippen LogP contribution is -2.42. The molecular weight excluding hydrogens is 282 g/mol. The third-order valence-corrected chi connectivity index (χ3v) is 3.19. The van der Waals surface area contributed by atoms with Crippen molar-refractivity contribution in [2.24, 2.45) is 5.73 Å². The highest BCUT2D eigenvalue weighted by Crippen LogP contribution is 2.30. The second kappa shape index (κ2) is 6.67. The Labute approximate surface area is 123 Å². The molecule has 1 aliphatic rings. The molecule has 0 bridgehead atoms. The van der Waals surface area contributed by atoms with Gasteiger partial charge in [-0.1, -0.05) is 18.2 Å². The van der Waals surface area contributed by atoms with Gasteiger partial charge in [0.15, 0.2) is 0 Å². The number of nitrogens with zero attached hydrogens (tertiary/aromatic N) is 2. The summed E-state index contributed by atoms with van der Waals surface area (Å²) in [4.78, 5) is 24.3. The van der Waals surface area contributed by atoms with E-state index in [-0.39, 0.29) is 36.6 Å². The molecule has 1 amide bonds. The zero-order valence-electron chi connectivity index (χ0n) is 11.2. The van der Waals surface area contributed by atoms with Crippen molar-refractivity contribution in [3.05, 3.63) is 39.9 Å². The van der Waals surface area contributed by atoms with Gasteiger partial charge in [0.25, 0.3) is 5.69 Å². The number of hydrogen-bond acceptors (Lipinski definition) is 4. The van der Waals surface area contributed by atoms with Gasteiger partial charge in [-0.2, -0.15) is 0 Å². The van der Waals surface area contributed by atoms with Crippen molar-refractivity contribution in [1.82, 2.24) is 4.90 Å². The molecule has 0 aromatic heterocycles. The topological polar surface area (TPSA) is 89.5 Å². The maximum absolute atomic E-state index is 12.0. The maximum atomic E-state index is 12.0. The summed E-state index contributed by atoms with van der Waals surface area (Å²) in [5.74, 6) is -0.152. The number of benzene rings is 1. The number of nitro groups is 1. The van der Waals surface area contributed by atoms with E-state index in [1.54, 1.807) is 30.0 Å². The van der Waals surface area contributed by atoms with Crippen LogP contribution in [0, 0.1) is 10.1 Å². The average molecular weight is 300 g/mol. The first-order chi connectivity index (χ1) is 9.00. The van der Waals surface area contributed by atoms with E-state index >= 15 is 0 Å². The molecule has 2 N–H and O–H groups in total. The SMILES string of the molecule is C[C@@H](N)C(=O)N(Cc1ccccc1[N+](=O)[O-])C1CC1.Cl. The average Bonchev–Trinajstić information content (AvgIpc) is 3.19. The molecule has 1 atom stereocenters. The lowest BCUT2D eigenvalue weighted by molar-refractivity contribution is -0.385. The molecule has 6 nitrogen and oxygen atoms in total. The summed E-state index contributed by atoms with van der Waals surface area (Å²) in [5.41, 5.74) is 6.23. The lowest BCUT2D eigenvalue weighted by Gasteiger charge is -2.24. The monoisotopic (exact) mass is 299 g/mol. The van der Waals surface area contributed by atoms with E-state index < -0.39 is 11.0 Å². The summed E-state index contributed by atoms with van der Waals surface area (Å²) in [5, 5.41) is 11.0. The summed E-state index contributed by atoms with van der Waals surface area (Å²) in [6, 6.07) is 6.10. The Bertz CT molecular complexity index is 503. The van der Waals surface area contributed by atoms with E-state index in [9.17, 15) is 14.9 Å². The molecule has 7 heteroatoms.